The number of rotatable bonds is 11. The van der Waals surface area contributed by atoms with Crippen molar-refractivity contribution in [2.24, 2.45) is 0 Å². The lowest BCUT2D eigenvalue weighted by Crippen LogP contribution is -2.45. The van der Waals surface area contributed by atoms with Crippen LogP contribution in [0.5, 0.6) is 0 Å². The van der Waals surface area contributed by atoms with Crippen molar-refractivity contribution in [1.29, 1.82) is 0 Å². The van der Waals surface area contributed by atoms with Crippen LogP contribution in [0.4, 0.5) is 10.5 Å². The van der Waals surface area contributed by atoms with Gasteiger partial charge >= 0.3 is 12.0 Å². The molecule has 3 N–H and O–H groups in total. The van der Waals surface area contributed by atoms with Crippen LogP contribution < -0.4 is 10.6 Å². The molecule has 3 aromatic carbocycles. The molecule has 4 atom stereocenters. The Kier molecular flexibility index (Phi) is 10.9. The first kappa shape index (κ1) is 31.1. The Labute approximate surface area is 260 Å². The largest absolute Gasteiger partial charge is 0.467 e. The van der Waals surface area contributed by atoms with Gasteiger partial charge in [0.05, 0.1) is 25.9 Å². The molecule has 1 aliphatic heterocycles. The minimum Gasteiger partial charge on any atom is -0.467 e. The minimum atomic E-state index is -0.861. The molecule has 0 aliphatic carbocycles. The Balaban J connectivity index is 1.29. The molecule has 228 valence electrons. The van der Waals surface area contributed by atoms with Crippen molar-refractivity contribution >= 4 is 29.4 Å². The number of nitrogens with one attached hydrogen (secondary N) is 2. The summed E-state index contributed by atoms with van der Waals surface area (Å²) in [6, 6.07) is 24.7. The molecule has 5 rings (SSSR count). The summed E-state index contributed by atoms with van der Waals surface area (Å²) in [6.07, 6.45) is 3.17. The van der Waals surface area contributed by atoms with Crippen LogP contribution in [0.3, 0.4) is 0 Å². The highest BCUT2D eigenvalue weighted by Gasteiger charge is 2.32. The van der Waals surface area contributed by atoms with Gasteiger partial charge in [-0.25, -0.2) is 19.6 Å². The van der Waals surface area contributed by atoms with E-state index in [0.29, 0.717) is 29.4 Å². The van der Waals surface area contributed by atoms with Gasteiger partial charge in [-0.1, -0.05) is 78.5 Å². The van der Waals surface area contributed by atoms with Crippen LogP contribution in [-0.4, -0.2) is 52.1 Å². The van der Waals surface area contributed by atoms with Gasteiger partial charge in [-0.2, -0.15) is 0 Å². The number of hydrogen-bond donors (Lipinski definition) is 3. The van der Waals surface area contributed by atoms with Crippen LogP contribution in [0, 0.1) is 0 Å². The molecule has 1 saturated heterocycles. The van der Waals surface area contributed by atoms with Crippen LogP contribution in [-0.2, 0) is 32.0 Å². The number of thioether (sulfide) groups is 1. The lowest BCUT2D eigenvalue weighted by Gasteiger charge is -2.36. The number of benzene rings is 3. The van der Waals surface area contributed by atoms with E-state index in [1.807, 2.05) is 60.7 Å². The summed E-state index contributed by atoms with van der Waals surface area (Å²) in [5.41, 5.74) is 3.92. The normalized spacial score (nSPS) is 18.6. The Morgan fingerprint density at radius 3 is 2.45 bits per heavy atom. The molecule has 1 fully saturated rings. The second kappa shape index (κ2) is 15.4. The number of ether oxygens (including phenoxy) is 3. The predicted octanol–water partition coefficient (Wildman–Crippen LogP) is 5.21. The highest BCUT2D eigenvalue weighted by Crippen LogP contribution is 2.39. The average Bonchev–Trinajstić information content (AvgIpc) is 3.07. The monoisotopic (exact) mass is 614 g/mol. The first-order chi connectivity index (χ1) is 21.5. The number of anilines is 1. The molecule has 1 aliphatic rings. The number of amides is 2. The number of urea groups is 1. The molecule has 1 aromatic heterocycles. The second-order valence-corrected chi connectivity index (χ2v) is 11.2. The van der Waals surface area contributed by atoms with Gasteiger partial charge in [0.15, 0.2) is 11.4 Å². The Morgan fingerprint density at radius 1 is 0.955 bits per heavy atom. The Morgan fingerprint density at radius 2 is 1.73 bits per heavy atom. The SMILES string of the molecule is COC(=O)[C@H](Cc1ccccc1)NC(=O)Nc1cccc([C@@H]2O[C@H](CSc3ncccn3)C[C@H](c3ccc(CO)cc3)O2)c1. The number of methoxy groups -OCH3 is 1. The number of carbonyl (C=O) groups is 2. The molecule has 10 nitrogen and oxygen atoms in total. The molecule has 2 amide bonds. The van der Waals surface area contributed by atoms with Crippen LogP contribution in [0.25, 0.3) is 0 Å². The van der Waals surface area contributed by atoms with Crippen molar-refractivity contribution < 1.29 is 28.9 Å². The van der Waals surface area contributed by atoms with Gasteiger partial charge in [0, 0.05) is 42.2 Å². The summed E-state index contributed by atoms with van der Waals surface area (Å²) in [6.45, 7) is -0.0338. The summed E-state index contributed by atoms with van der Waals surface area (Å²) in [7, 11) is 1.29. The number of hydrogen-bond acceptors (Lipinski definition) is 9. The number of nitrogens with zero attached hydrogens (tertiary/aromatic N) is 2. The maximum Gasteiger partial charge on any atom is 0.328 e. The molecular weight excluding hydrogens is 580 g/mol. The van der Waals surface area contributed by atoms with Gasteiger partial charge < -0.3 is 30.0 Å². The fourth-order valence-corrected chi connectivity index (χ4v) is 5.64. The van der Waals surface area contributed by atoms with E-state index in [1.165, 1.54) is 18.9 Å². The fourth-order valence-electron chi connectivity index (χ4n) is 4.82. The van der Waals surface area contributed by atoms with Crippen LogP contribution >= 0.6 is 11.8 Å². The van der Waals surface area contributed by atoms with Crippen molar-refractivity contribution in [3.05, 3.63) is 120 Å². The van der Waals surface area contributed by atoms with E-state index < -0.39 is 24.3 Å². The molecule has 11 heteroatoms. The van der Waals surface area contributed by atoms with E-state index in [0.717, 1.165) is 22.3 Å². The zero-order valence-electron chi connectivity index (χ0n) is 24.2. The number of esters is 1. The first-order valence-corrected chi connectivity index (χ1v) is 15.2. The van der Waals surface area contributed by atoms with Gasteiger partial charge in [0.2, 0.25) is 0 Å². The van der Waals surface area contributed by atoms with Gasteiger partial charge in [-0.3, -0.25) is 0 Å². The quantitative estimate of drug-likeness (QED) is 0.118. The first-order valence-electron chi connectivity index (χ1n) is 14.2. The lowest BCUT2D eigenvalue weighted by molar-refractivity contribution is -0.245. The van der Waals surface area contributed by atoms with Gasteiger partial charge in [0.1, 0.15) is 6.04 Å². The second-order valence-electron chi connectivity index (χ2n) is 10.2. The smallest absolute Gasteiger partial charge is 0.328 e. The molecular formula is C33H34N4O6S. The summed E-state index contributed by atoms with van der Waals surface area (Å²) in [5.74, 6) is 0.0795. The molecule has 0 saturated carbocycles. The Bertz CT molecular complexity index is 1510. The van der Waals surface area contributed by atoms with E-state index in [4.69, 9.17) is 14.2 Å². The summed E-state index contributed by atoms with van der Waals surface area (Å²) in [4.78, 5) is 34.0. The average molecular weight is 615 g/mol. The lowest BCUT2D eigenvalue weighted by atomic mass is 10.0. The van der Waals surface area contributed by atoms with Crippen LogP contribution in [0.2, 0.25) is 0 Å². The third-order valence-corrected chi connectivity index (χ3v) is 8.05. The van der Waals surface area contributed by atoms with E-state index in [1.54, 1.807) is 36.7 Å². The van der Waals surface area contributed by atoms with Crippen molar-refractivity contribution in [3.8, 4) is 0 Å². The number of carbonyl (C=O) groups excluding carboxylic acids is 2. The number of aliphatic hydroxyl groups is 1. The third kappa shape index (κ3) is 8.64. The number of aromatic nitrogens is 2. The highest BCUT2D eigenvalue weighted by molar-refractivity contribution is 7.99. The zero-order chi connectivity index (χ0) is 30.7. The van der Waals surface area contributed by atoms with Crippen LogP contribution in [0.15, 0.2) is 102 Å². The summed E-state index contributed by atoms with van der Waals surface area (Å²) < 4.78 is 17.8. The maximum atomic E-state index is 13.0. The molecule has 2 heterocycles. The van der Waals surface area contributed by atoms with E-state index in [2.05, 4.69) is 20.6 Å². The molecule has 0 spiro atoms. The zero-order valence-corrected chi connectivity index (χ0v) is 25.0. The minimum absolute atomic E-state index is 0.0338. The predicted molar refractivity (Wildman–Crippen MR) is 166 cm³/mol. The van der Waals surface area contributed by atoms with Crippen molar-refractivity contribution in [2.45, 2.75) is 49.1 Å². The van der Waals surface area contributed by atoms with Crippen LogP contribution in [0.1, 0.15) is 41.1 Å². The third-order valence-electron chi connectivity index (χ3n) is 7.05. The molecule has 4 aromatic rings. The van der Waals surface area contributed by atoms with Crippen molar-refractivity contribution in [2.75, 3.05) is 18.2 Å². The summed E-state index contributed by atoms with van der Waals surface area (Å²) in [5, 5.41) is 15.7. The fraction of sp³-hybridized carbons (Fsp3) is 0.273. The highest BCUT2D eigenvalue weighted by atomic mass is 32.2. The molecule has 0 radical (unpaired) electrons. The van der Waals surface area contributed by atoms with E-state index in [-0.39, 0.29) is 18.8 Å². The van der Waals surface area contributed by atoms with Gasteiger partial charge in [-0.05, 0) is 34.9 Å². The standard InChI is InChI=1S/C33H34N4O6S/c1-41-30(39)28(17-22-7-3-2-4-8-22)37-32(40)36-26-10-5-9-25(18-26)31-42-27(21-44-33-34-15-6-16-35-33)19-29(43-31)24-13-11-23(20-38)12-14-24/h2-16,18,27-29,31,38H,17,19-21H2,1H3,(H2,36,37,40)/t27-,28-,29+,31+/m0/s1. The molecule has 0 unspecified atom stereocenters. The molecule has 0 bridgehead atoms. The topological polar surface area (TPSA) is 132 Å². The van der Waals surface area contributed by atoms with E-state index >= 15 is 0 Å². The van der Waals surface area contributed by atoms with Gasteiger partial charge in [-0.15, -0.1) is 0 Å². The Hall–Kier alpha value is -4.29. The molecule has 44 heavy (non-hydrogen) atoms. The maximum absolute atomic E-state index is 13.0. The number of aliphatic hydroxyl groups excluding tert-OH is 1. The summed E-state index contributed by atoms with van der Waals surface area (Å²) >= 11 is 1.51. The van der Waals surface area contributed by atoms with Crippen molar-refractivity contribution in [3.63, 3.8) is 0 Å². The van der Waals surface area contributed by atoms with E-state index in [9.17, 15) is 14.7 Å². The van der Waals surface area contributed by atoms with Crippen molar-refractivity contribution in [1.82, 2.24) is 15.3 Å². The van der Waals surface area contributed by atoms with Gasteiger partial charge in [0.25, 0.3) is 0 Å².